The van der Waals surface area contributed by atoms with Gasteiger partial charge in [-0.05, 0) is 87.9 Å². The number of hydrogen-bond donors (Lipinski definition) is 2. The summed E-state index contributed by atoms with van der Waals surface area (Å²) in [5.74, 6) is -0.238. The fourth-order valence-electron chi connectivity index (χ4n) is 6.90. The van der Waals surface area contributed by atoms with Gasteiger partial charge in [-0.3, -0.25) is 4.79 Å². The summed E-state index contributed by atoms with van der Waals surface area (Å²) in [7, 11) is 0. The minimum atomic E-state index is -0.606. The molecule has 0 spiro atoms. The van der Waals surface area contributed by atoms with Crippen molar-refractivity contribution < 1.29 is 14.3 Å². The summed E-state index contributed by atoms with van der Waals surface area (Å²) in [6.07, 6.45) is 7.94. The lowest BCUT2D eigenvalue weighted by Gasteiger charge is -2.41. The summed E-state index contributed by atoms with van der Waals surface area (Å²) in [6, 6.07) is 31.3. The number of ether oxygens (including phenoxy) is 1. The predicted molar refractivity (Wildman–Crippen MR) is 175 cm³/mol. The lowest BCUT2D eigenvalue weighted by atomic mass is 9.71. The maximum absolute atomic E-state index is 13.0. The topological polar surface area (TPSA) is 73.9 Å². The zero-order chi connectivity index (χ0) is 30.5. The molecule has 0 radical (unpaired) electrons. The van der Waals surface area contributed by atoms with Crippen molar-refractivity contribution >= 4 is 12.0 Å². The molecule has 7 nitrogen and oxygen atoms in total. The van der Waals surface area contributed by atoms with Crippen LogP contribution in [0.15, 0.2) is 91.0 Å². The highest BCUT2D eigenvalue weighted by molar-refractivity contribution is 5.82. The number of benzene rings is 3. The molecule has 2 amide bonds. The molecule has 2 aliphatic rings. The highest BCUT2D eigenvalue weighted by atomic mass is 16.5. The monoisotopic (exact) mass is 596 g/mol. The second kappa shape index (κ2) is 16.4. The van der Waals surface area contributed by atoms with E-state index >= 15 is 0 Å². The number of carbonyl (C=O) groups is 2. The van der Waals surface area contributed by atoms with Gasteiger partial charge in [-0.25, -0.2) is 4.79 Å². The first-order chi connectivity index (χ1) is 21.6. The molecule has 0 bridgehead atoms. The van der Waals surface area contributed by atoms with E-state index < -0.39 is 11.5 Å². The first kappa shape index (κ1) is 31.7. The van der Waals surface area contributed by atoms with Gasteiger partial charge < -0.3 is 25.2 Å². The summed E-state index contributed by atoms with van der Waals surface area (Å²) in [4.78, 5) is 30.6. The van der Waals surface area contributed by atoms with E-state index in [2.05, 4.69) is 69.0 Å². The van der Waals surface area contributed by atoms with Crippen LogP contribution in [0.1, 0.15) is 61.6 Å². The Morgan fingerprint density at radius 1 is 0.750 bits per heavy atom. The van der Waals surface area contributed by atoms with E-state index in [4.69, 9.17) is 4.74 Å². The highest BCUT2D eigenvalue weighted by Crippen LogP contribution is 2.37. The second-order valence-electron chi connectivity index (χ2n) is 12.3. The predicted octanol–water partition coefficient (Wildman–Crippen LogP) is 5.75. The molecule has 44 heavy (non-hydrogen) atoms. The molecule has 7 heteroatoms. The van der Waals surface area contributed by atoms with Crippen molar-refractivity contribution in [1.82, 2.24) is 20.4 Å². The summed E-state index contributed by atoms with van der Waals surface area (Å²) >= 11 is 0. The molecule has 2 heterocycles. The van der Waals surface area contributed by atoms with Gasteiger partial charge >= 0.3 is 6.09 Å². The van der Waals surface area contributed by atoms with Crippen LogP contribution in [0.3, 0.4) is 0 Å². The summed E-state index contributed by atoms with van der Waals surface area (Å²) in [5.41, 5.74) is 2.88. The highest BCUT2D eigenvalue weighted by Gasteiger charge is 2.35. The summed E-state index contributed by atoms with van der Waals surface area (Å²) in [6.45, 7) is 6.39. The molecule has 234 valence electrons. The van der Waals surface area contributed by atoms with E-state index in [0.29, 0.717) is 6.54 Å². The van der Waals surface area contributed by atoms with Gasteiger partial charge in [0.25, 0.3) is 0 Å². The molecule has 2 saturated heterocycles. The maximum atomic E-state index is 13.0. The molecular weight excluding hydrogens is 548 g/mol. The zero-order valence-corrected chi connectivity index (χ0v) is 26.0. The smallest absolute Gasteiger partial charge is 0.407 e. The third kappa shape index (κ3) is 8.93. The number of alkyl carbamates (subject to hydrolysis) is 1. The molecule has 2 N–H and O–H groups in total. The van der Waals surface area contributed by atoms with Gasteiger partial charge in [0.15, 0.2) is 0 Å². The molecule has 2 aliphatic heterocycles. The van der Waals surface area contributed by atoms with Gasteiger partial charge in [-0.1, -0.05) is 97.4 Å². The first-order valence-corrected chi connectivity index (χ1v) is 16.4. The number of piperidine rings is 2. The van der Waals surface area contributed by atoms with Crippen LogP contribution in [0, 0.1) is 0 Å². The van der Waals surface area contributed by atoms with Crippen molar-refractivity contribution in [3.63, 3.8) is 0 Å². The molecule has 3 aromatic carbocycles. The molecule has 0 aliphatic carbocycles. The number of amides is 2. The molecule has 0 unspecified atom stereocenters. The number of nitrogens with zero attached hydrogens (tertiary/aromatic N) is 2. The Balaban J connectivity index is 1.19. The standard InChI is InChI=1S/C37H48N4O3/c42-35(28-38-36(43)44-29-31-14-5-1-6-15-31)39-30-37(32-16-7-2-8-17-32,33-18-9-3-10-19-33)22-13-23-40-26-20-34(21-27-40)41-24-11-4-12-25-41/h1-3,5-10,14-19,34H,4,11-13,20-30H2,(H,38,43)(H,39,42). The Morgan fingerprint density at radius 2 is 1.34 bits per heavy atom. The molecular formula is C37H48N4O3. The van der Waals surface area contributed by atoms with E-state index in [1.54, 1.807) is 0 Å². The Labute approximate surface area is 263 Å². The van der Waals surface area contributed by atoms with Gasteiger partial charge in [-0.2, -0.15) is 0 Å². The van der Waals surface area contributed by atoms with Crippen LogP contribution in [0.25, 0.3) is 0 Å². The molecule has 5 rings (SSSR count). The van der Waals surface area contributed by atoms with Crippen molar-refractivity contribution in [3.8, 4) is 0 Å². The van der Waals surface area contributed by atoms with Crippen LogP contribution in [0.4, 0.5) is 4.79 Å². The van der Waals surface area contributed by atoms with Crippen LogP contribution in [-0.2, 0) is 21.6 Å². The van der Waals surface area contributed by atoms with Crippen LogP contribution >= 0.6 is 0 Å². The third-order valence-electron chi connectivity index (χ3n) is 9.39. The van der Waals surface area contributed by atoms with E-state index in [1.807, 2.05) is 42.5 Å². The minimum absolute atomic E-state index is 0.140. The minimum Gasteiger partial charge on any atom is -0.445 e. The zero-order valence-electron chi connectivity index (χ0n) is 26.0. The average molecular weight is 597 g/mol. The largest absolute Gasteiger partial charge is 0.445 e. The molecule has 0 aromatic heterocycles. The Morgan fingerprint density at radius 3 is 1.95 bits per heavy atom. The fourth-order valence-corrected chi connectivity index (χ4v) is 6.90. The van der Waals surface area contributed by atoms with Crippen molar-refractivity contribution in [1.29, 1.82) is 0 Å². The molecule has 0 saturated carbocycles. The SMILES string of the molecule is O=C(CNC(=O)OCc1ccccc1)NCC(CCCN1CCC(N2CCCCC2)CC1)(c1ccccc1)c1ccccc1. The van der Waals surface area contributed by atoms with Crippen LogP contribution in [-0.4, -0.2) is 73.7 Å². The van der Waals surface area contributed by atoms with Gasteiger partial charge in [0, 0.05) is 18.0 Å². The number of likely N-dealkylation sites (tertiary alicyclic amines) is 2. The van der Waals surface area contributed by atoms with E-state index in [1.165, 1.54) is 56.3 Å². The van der Waals surface area contributed by atoms with Crippen molar-refractivity contribution in [2.75, 3.05) is 45.8 Å². The maximum Gasteiger partial charge on any atom is 0.407 e. The Kier molecular flexibility index (Phi) is 11.8. The lowest BCUT2D eigenvalue weighted by molar-refractivity contribution is -0.120. The average Bonchev–Trinajstić information content (AvgIpc) is 3.10. The van der Waals surface area contributed by atoms with Crippen molar-refractivity contribution in [2.45, 2.75) is 63.0 Å². The first-order valence-electron chi connectivity index (χ1n) is 16.4. The molecule has 2 fully saturated rings. The van der Waals surface area contributed by atoms with Gasteiger partial charge in [0.2, 0.25) is 5.91 Å². The molecule has 0 atom stereocenters. The number of nitrogens with one attached hydrogen (secondary N) is 2. The van der Waals surface area contributed by atoms with Gasteiger partial charge in [0.05, 0.1) is 6.54 Å². The quantitative estimate of drug-likeness (QED) is 0.263. The van der Waals surface area contributed by atoms with Crippen LogP contribution in [0.5, 0.6) is 0 Å². The van der Waals surface area contributed by atoms with Crippen molar-refractivity contribution in [2.24, 2.45) is 0 Å². The number of hydrogen-bond acceptors (Lipinski definition) is 5. The number of carbonyl (C=O) groups excluding carboxylic acids is 2. The third-order valence-corrected chi connectivity index (χ3v) is 9.39. The van der Waals surface area contributed by atoms with E-state index in [9.17, 15) is 9.59 Å². The lowest BCUT2D eigenvalue weighted by Crippen LogP contribution is -2.47. The summed E-state index contributed by atoms with van der Waals surface area (Å²) in [5, 5.41) is 5.75. The van der Waals surface area contributed by atoms with Gasteiger partial charge in [-0.15, -0.1) is 0 Å². The normalized spacial score (nSPS) is 16.7. The molecule has 3 aromatic rings. The van der Waals surface area contributed by atoms with E-state index in [-0.39, 0.29) is 19.1 Å². The van der Waals surface area contributed by atoms with E-state index in [0.717, 1.165) is 44.1 Å². The Bertz CT molecular complexity index is 1230. The van der Waals surface area contributed by atoms with Crippen molar-refractivity contribution in [3.05, 3.63) is 108 Å². The fraction of sp³-hybridized carbons (Fsp3) is 0.459. The number of rotatable bonds is 13. The van der Waals surface area contributed by atoms with Crippen LogP contribution in [0.2, 0.25) is 0 Å². The van der Waals surface area contributed by atoms with Gasteiger partial charge in [0.1, 0.15) is 6.61 Å². The second-order valence-corrected chi connectivity index (χ2v) is 12.3. The summed E-state index contributed by atoms with van der Waals surface area (Å²) < 4.78 is 5.28. The van der Waals surface area contributed by atoms with Crippen LogP contribution < -0.4 is 10.6 Å². The Hall–Kier alpha value is -3.68.